The van der Waals surface area contributed by atoms with Gasteiger partial charge in [0.15, 0.2) is 0 Å². The molecule has 2 heterocycles. The number of nitrogens with zero attached hydrogens (tertiary/aromatic N) is 2. The molecule has 0 N–H and O–H groups in total. The van der Waals surface area contributed by atoms with Crippen molar-refractivity contribution in [2.24, 2.45) is 0 Å². The Morgan fingerprint density at radius 1 is 0.636 bits per heavy atom. The highest BCUT2D eigenvalue weighted by Gasteiger charge is 2.00. The number of hydrogen-bond acceptors (Lipinski definition) is 2. The Labute approximate surface area is 220 Å². The van der Waals surface area contributed by atoms with Crippen LogP contribution in [-0.4, -0.2) is 29.4 Å². The molecule has 186 valence electrons. The molecule has 0 fully saturated rings. The molecule has 0 amide bonds. The molecule has 0 radical (unpaired) electrons. The molecule has 2 aliphatic rings. The van der Waals surface area contributed by atoms with Gasteiger partial charge < -0.3 is 9.80 Å². The lowest BCUT2D eigenvalue weighted by atomic mass is 10.1. The predicted octanol–water partition coefficient (Wildman–Crippen LogP) is 8.86. The van der Waals surface area contributed by atoms with Gasteiger partial charge in [0, 0.05) is 26.2 Å². The zero-order chi connectivity index (χ0) is 21.8. The summed E-state index contributed by atoms with van der Waals surface area (Å²) in [7, 11) is 0. The molecule has 4 heteroatoms. The third kappa shape index (κ3) is 16.8. The Balaban J connectivity index is 0.000000608. The van der Waals surface area contributed by atoms with Gasteiger partial charge >= 0.3 is 0 Å². The number of allylic oxidation sites excluding steroid dienone is 4. The molecule has 0 saturated heterocycles. The van der Waals surface area contributed by atoms with E-state index in [2.05, 4.69) is 95.9 Å². The van der Waals surface area contributed by atoms with Crippen molar-refractivity contribution in [2.45, 2.75) is 77.7 Å². The van der Waals surface area contributed by atoms with Crippen LogP contribution in [0.1, 0.15) is 76.7 Å². The van der Waals surface area contributed by atoms with Gasteiger partial charge in [0.25, 0.3) is 0 Å². The van der Waals surface area contributed by atoms with E-state index in [0.29, 0.717) is 0 Å². The van der Waals surface area contributed by atoms with Crippen molar-refractivity contribution in [1.29, 1.82) is 0 Å². The molecule has 0 unspecified atom stereocenters. The van der Waals surface area contributed by atoms with Gasteiger partial charge in [-0.2, -0.15) is 0 Å². The standard InChI is InChI=1S/C17H31N.C12H13N.BrH.ClH/c1-2-3-4-5-6-7-8-9-10-12-15-18-16-13-11-14-17-18;1-3-7-12(8-4-1)11-13-9-5-2-6-10-13;;/h11,13-14,16H,2-10,12,15,17H2,1H3;1-9H,10-11H2;2*1H. The Bertz CT molecular complexity index is 669. The van der Waals surface area contributed by atoms with Gasteiger partial charge in [-0.3, -0.25) is 0 Å². The number of unbranched alkanes of at least 4 members (excludes halogenated alkanes) is 9. The second-order valence-corrected chi connectivity index (χ2v) is 8.63. The summed E-state index contributed by atoms with van der Waals surface area (Å²) in [6, 6.07) is 10.5. The van der Waals surface area contributed by atoms with Crippen LogP contribution in [0.15, 0.2) is 79.2 Å². The van der Waals surface area contributed by atoms with Crippen LogP contribution in [0.4, 0.5) is 0 Å². The highest BCUT2D eigenvalue weighted by Crippen LogP contribution is 2.11. The monoisotopic (exact) mass is 536 g/mol. The summed E-state index contributed by atoms with van der Waals surface area (Å²) in [6.45, 7) is 6.64. The summed E-state index contributed by atoms with van der Waals surface area (Å²) < 4.78 is 0. The van der Waals surface area contributed by atoms with Gasteiger partial charge in [0.2, 0.25) is 0 Å². The highest BCUT2D eigenvalue weighted by molar-refractivity contribution is 8.93. The van der Waals surface area contributed by atoms with Gasteiger partial charge in [-0.15, -0.1) is 29.4 Å². The normalized spacial score (nSPS) is 13.7. The molecule has 33 heavy (non-hydrogen) atoms. The van der Waals surface area contributed by atoms with Gasteiger partial charge in [0.05, 0.1) is 0 Å². The van der Waals surface area contributed by atoms with Crippen LogP contribution in [-0.2, 0) is 6.54 Å². The van der Waals surface area contributed by atoms with E-state index in [1.54, 1.807) is 0 Å². The van der Waals surface area contributed by atoms with Crippen LogP contribution in [0.2, 0.25) is 0 Å². The fourth-order valence-corrected chi connectivity index (χ4v) is 3.92. The van der Waals surface area contributed by atoms with E-state index in [9.17, 15) is 0 Å². The minimum atomic E-state index is 0. The maximum absolute atomic E-state index is 2.41. The summed E-state index contributed by atoms with van der Waals surface area (Å²) in [4.78, 5) is 4.69. The molecule has 1 aromatic carbocycles. The van der Waals surface area contributed by atoms with E-state index in [1.807, 2.05) is 0 Å². The van der Waals surface area contributed by atoms with Crippen LogP contribution in [0, 0.1) is 0 Å². The number of hydrogen-bond donors (Lipinski definition) is 0. The molecule has 1 aromatic rings. The molecule has 0 aromatic heterocycles. The molecule has 0 bridgehead atoms. The minimum Gasteiger partial charge on any atom is -0.374 e. The summed E-state index contributed by atoms with van der Waals surface area (Å²) in [5, 5.41) is 0. The van der Waals surface area contributed by atoms with E-state index in [1.165, 1.54) is 76.3 Å². The van der Waals surface area contributed by atoms with Gasteiger partial charge in [-0.25, -0.2) is 0 Å². The summed E-state index contributed by atoms with van der Waals surface area (Å²) in [6.07, 6.45) is 31.4. The van der Waals surface area contributed by atoms with Crippen LogP contribution in [0.25, 0.3) is 0 Å². The van der Waals surface area contributed by atoms with Crippen molar-refractivity contribution in [3.63, 3.8) is 0 Å². The van der Waals surface area contributed by atoms with Gasteiger partial charge in [-0.05, 0) is 36.5 Å². The lowest BCUT2D eigenvalue weighted by Crippen LogP contribution is -2.19. The van der Waals surface area contributed by atoms with Crippen LogP contribution >= 0.6 is 29.4 Å². The SMILES string of the molecule is Br.C1=CCN(Cc2ccccc2)C=C1.CCCCCCCCCCCCN1C=CC=CC1.Cl. The average molecular weight is 538 g/mol. The van der Waals surface area contributed by atoms with E-state index >= 15 is 0 Å². The van der Waals surface area contributed by atoms with Crippen molar-refractivity contribution in [1.82, 2.24) is 9.80 Å². The minimum absolute atomic E-state index is 0. The third-order valence-corrected chi connectivity index (χ3v) is 5.80. The van der Waals surface area contributed by atoms with Crippen molar-refractivity contribution in [3.05, 3.63) is 84.8 Å². The molecular weight excluding hydrogens is 492 g/mol. The summed E-state index contributed by atoms with van der Waals surface area (Å²) >= 11 is 0. The van der Waals surface area contributed by atoms with Crippen LogP contribution in [0.5, 0.6) is 0 Å². The first-order valence-electron chi connectivity index (χ1n) is 12.6. The van der Waals surface area contributed by atoms with E-state index in [0.717, 1.165) is 19.6 Å². The Morgan fingerprint density at radius 3 is 1.67 bits per heavy atom. The Kier molecular flexibility index (Phi) is 21.4. The van der Waals surface area contributed by atoms with Crippen molar-refractivity contribution < 1.29 is 0 Å². The summed E-state index contributed by atoms with van der Waals surface area (Å²) in [5.41, 5.74) is 1.36. The molecule has 0 atom stereocenters. The van der Waals surface area contributed by atoms with Crippen molar-refractivity contribution >= 4 is 29.4 Å². The molecule has 0 spiro atoms. The van der Waals surface area contributed by atoms with Crippen LogP contribution < -0.4 is 0 Å². The smallest absolute Gasteiger partial charge is 0.0427 e. The van der Waals surface area contributed by atoms with Crippen molar-refractivity contribution in [3.8, 4) is 0 Å². The zero-order valence-electron chi connectivity index (χ0n) is 20.6. The molecule has 0 aliphatic carbocycles. The average Bonchev–Trinajstić information content (AvgIpc) is 2.83. The first-order valence-corrected chi connectivity index (χ1v) is 12.6. The molecule has 2 nitrogen and oxygen atoms in total. The zero-order valence-corrected chi connectivity index (χ0v) is 23.1. The molecule has 0 saturated carbocycles. The first kappa shape index (κ1) is 31.6. The largest absolute Gasteiger partial charge is 0.374 e. The second-order valence-electron chi connectivity index (χ2n) is 8.63. The second kappa shape index (κ2) is 22.3. The maximum Gasteiger partial charge on any atom is 0.0427 e. The van der Waals surface area contributed by atoms with E-state index in [-0.39, 0.29) is 29.4 Å². The Morgan fingerprint density at radius 2 is 1.15 bits per heavy atom. The molecule has 3 rings (SSSR count). The lowest BCUT2D eigenvalue weighted by molar-refractivity contribution is 0.392. The Hall–Kier alpha value is -1.45. The lowest BCUT2D eigenvalue weighted by Gasteiger charge is -2.20. The van der Waals surface area contributed by atoms with Crippen LogP contribution in [0.3, 0.4) is 0 Å². The highest BCUT2D eigenvalue weighted by atomic mass is 79.9. The predicted molar refractivity (Wildman–Crippen MR) is 154 cm³/mol. The van der Waals surface area contributed by atoms with Gasteiger partial charge in [-0.1, -0.05) is 119 Å². The fourth-order valence-electron chi connectivity index (χ4n) is 3.92. The topological polar surface area (TPSA) is 6.48 Å². The first-order chi connectivity index (χ1) is 15.4. The fraction of sp³-hybridized carbons (Fsp3) is 0.517. The summed E-state index contributed by atoms with van der Waals surface area (Å²) in [5.74, 6) is 0. The maximum atomic E-state index is 2.41. The van der Waals surface area contributed by atoms with Gasteiger partial charge in [0.1, 0.15) is 0 Å². The molecule has 2 aliphatic heterocycles. The van der Waals surface area contributed by atoms with E-state index < -0.39 is 0 Å². The number of benzene rings is 1. The quantitative estimate of drug-likeness (QED) is 0.232. The number of rotatable bonds is 13. The third-order valence-electron chi connectivity index (χ3n) is 5.80. The number of halogens is 2. The van der Waals surface area contributed by atoms with E-state index in [4.69, 9.17) is 0 Å². The molecular formula is C29H46BrClN2. The van der Waals surface area contributed by atoms with Crippen molar-refractivity contribution in [2.75, 3.05) is 19.6 Å².